The molecule has 114 valence electrons. The molecule has 0 saturated carbocycles. The third-order valence-corrected chi connectivity index (χ3v) is 4.05. The molecule has 0 amide bonds. The molecule has 1 aliphatic rings. The molecule has 0 saturated heterocycles. The number of rotatable bonds is 3. The molecule has 22 heavy (non-hydrogen) atoms. The van der Waals surface area contributed by atoms with Crippen molar-refractivity contribution in [1.29, 1.82) is 0 Å². The molecule has 1 N–H and O–H groups in total. The fourth-order valence-corrected chi connectivity index (χ4v) is 3.03. The molecule has 0 unspecified atom stereocenters. The average molecular weight is 298 g/mol. The molecule has 0 spiro atoms. The van der Waals surface area contributed by atoms with Crippen LogP contribution in [-0.2, 0) is 26.2 Å². The molecule has 0 aromatic carbocycles. The maximum Gasteiger partial charge on any atom is 0.159 e. The van der Waals surface area contributed by atoms with Crippen LogP contribution in [0.2, 0.25) is 0 Å². The Balaban J connectivity index is 1.58. The third kappa shape index (κ3) is 2.38. The van der Waals surface area contributed by atoms with Gasteiger partial charge in [-0.05, 0) is 18.6 Å². The smallest absolute Gasteiger partial charge is 0.159 e. The van der Waals surface area contributed by atoms with Gasteiger partial charge in [0.1, 0.15) is 0 Å². The lowest BCUT2D eigenvalue weighted by Crippen LogP contribution is -2.22. The number of fused-ring (bicyclic) bond motifs is 2. The van der Waals surface area contributed by atoms with E-state index in [1.54, 1.807) is 10.7 Å². The van der Waals surface area contributed by atoms with Crippen LogP contribution in [0.1, 0.15) is 23.4 Å². The Morgan fingerprint density at radius 2 is 2.23 bits per heavy atom. The predicted octanol–water partition coefficient (Wildman–Crippen LogP) is 0.824. The van der Waals surface area contributed by atoms with Crippen LogP contribution in [0.5, 0.6) is 0 Å². The Bertz CT molecular complexity index is 792. The van der Waals surface area contributed by atoms with E-state index in [4.69, 9.17) is 0 Å². The Hall–Kier alpha value is -2.25. The summed E-state index contributed by atoms with van der Waals surface area (Å²) in [5.41, 5.74) is 3.95. The molecule has 0 atom stereocenters. The minimum atomic E-state index is -0.00202. The number of hydrogen-bond acceptors (Lipinski definition) is 5. The van der Waals surface area contributed by atoms with Gasteiger partial charge in [-0.2, -0.15) is 10.2 Å². The molecular formula is C15H18N6O. The summed E-state index contributed by atoms with van der Waals surface area (Å²) in [5.74, 6) is 0. The van der Waals surface area contributed by atoms with Gasteiger partial charge < -0.3 is 5.11 Å². The molecular weight excluding hydrogens is 280 g/mol. The summed E-state index contributed by atoms with van der Waals surface area (Å²) in [4.78, 5) is 6.80. The predicted molar refractivity (Wildman–Crippen MR) is 79.9 cm³/mol. The zero-order valence-corrected chi connectivity index (χ0v) is 12.3. The van der Waals surface area contributed by atoms with Gasteiger partial charge in [-0.1, -0.05) is 0 Å². The lowest BCUT2D eigenvalue weighted by Gasteiger charge is -2.18. The summed E-state index contributed by atoms with van der Waals surface area (Å²) in [6.07, 6.45) is 6.65. The second-order valence-electron chi connectivity index (χ2n) is 5.63. The second-order valence-corrected chi connectivity index (χ2v) is 5.63. The van der Waals surface area contributed by atoms with Crippen LogP contribution in [0.15, 0.2) is 30.7 Å². The van der Waals surface area contributed by atoms with E-state index in [1.807, 2.05) is 29.2 Å². The summed E-state index contributed by atoms with van der Waals surface area (Å²) in [5, 5.41) is 18.0. The number of nitrogens with zero attached hydrogens (tertiary/aromatic N) is 6. The van der Waals surface area contributed by atoms with Crippen LogP contribution in [0.4, 0.5) is 0 Å². The third-order valence-electron chi connectivity index (χ3n) is 4.05. The van der Waals surface area contributed by atoms with Crippen molar-refractivity contribution in [2.45, 2.75) is 32.7 Å². The van der Waals surface area contributed by atoms with Crippen molar-refractivity contribution in [3.63, 3.8) is 0 Å². The zero-order valence-electron chi connectivity index (χ0n) is 12.3. The maximum absolute atomic E-state index is 9.24. The topological polar surface area (TPSA) is 71.5 Å². The highest BCUT2D eigenvalue weighted by Gasteiger charge is 2.18. The molecule has 3 aromatic rings. The Kier molecular flexibility index (Phi) is 3.36. The standard InChI is InChI=1S/C15H18N6O/c22-11-13-7-14-10-19(4-2-6-20(14)18-13)9-12-8-17-21-5-1-3-16-15(12)21/h1,3,5,7-8,22H,2,4,6,9-11H2. The highest BCUT2D eigenvalue weighted by molar-refractivity contribution is 5.45. The Morgan fingerprint density at radius 1 is 1.27 bits per heavy atom. The first-order valence-corrected chi connectivity index (χ1v) is 7.49. The molecule has 0 radical (unpaired) electrons. The van der Waals surface area contributed by atoms with Crippen LogP contribution in [-0.4, -0.2) is 40.9 Å². The van der Waals surface area contributed by atoms with Crippen LogP contribution in [0.3, 0.4) is 0 Å². The monoisotopic (exact) mass is 298 g/mol. The first-order chi connectivity index (χ1) is 10.8. The highest BCUT2D eigenvalue weighted by atomic mass is 16.3. The summed E-state index contributed by atoms with van der Waals surface area (Å²) < 4.78 is 3.82. The average Bonchev–Trinajstić information content (AvgIpc) is 3.07. The molecule has 0 fully saturated rings. The quantitative estimate of drug-likeness (QED) is 0.775. The van der Waals surface area contributed by atoms with Crippen molar-refractivity contribution >= 4 is 5.65 Å². The Morgan fingerprint density at radius 3 is 3.14 bits per heavy atom. The van der Waals surface area contributed by atoms with Gasteiger partial charge in [-0.3, -0.25) is 9.58 Å². The van der Waals surface area contributed by atoms with Crippen molar-refractivity contribution in [1.82, 2.24) is 29.3 Å². The van der Waals surface area contributed by atoms with E-state index in [-0.39, 0.29) is 6.61 Å². The summed E-state index contributed by atoms with van der Waals surface area (Å²) >= 11 is 0. The number of aliphatic hydroxyl groups excluding tert-OH is 1. The number of aryl methyl sites for hydroxylation is 1. The van der Waals surface area contributed by atoms with Crippen molar-refractivity contribution in [3.05, 3.63) is 47.7 Å². The van der Waals surface area contributed by atoms with Crippen molar-refractivity contribution in [2.75, 3.05) is 6.54 Å². The van der Waals surface area contributed by atoms with Crippen LogP contribution in [0, 0.1) is 0 Å². The molecule has 3 aromatic heterocycles. The van der Waals surface area contributed by atoms with Gasteiger partial charge in [-0.15, -0.1) is 0 Å². The fraction of sp³-hybridized carbons (Fsp3) is 0.400. The van der Waals surface area contributed by atoms with Crippen molar-refractivity contribution in [3.8, 4) is 0 Å². The van der Waals surface area contributed by atoms with Gasteiger partial charge in [-0.25, -0.2) is 9.50 Å². The Labute approximate surface area is 127 Å². The molecule has 0 bridgehead atoms. The van der Waals surface area contributed by atoms with Crippen molar-refractivity contribution in [2.24, 2.45) is 0 Å². The summed E-state index contributed by atoms with van der Waals surface area (Å²) in [6, 6.07) is 3.87. The summed E-state index contributed by atoms with van der Waals surface area (Å²) in [6.45, 7) is 3.57. The van der Waals surface area contributed by atoms with E-state index in [2.05, 4.69) is 20.1 Å². The maximum atomic E-state index is 9.24. The SMILES string of the molecule is OCc1cc2n(n1)CCCN(Cc1cnn3cccnc13)C2. The fourth-order valence-electron chi connectivity index (χ4n) is 3.03. The largest absolute Gasteiger partial charge is 0.390 e. The number of aromatic nitrogens is 5. The lowest BCUT2D eigenvalue weighted by atomic mass is 10.2. The molecule has 4 rings (SSSR count). The van der Waals surface area contributed by atoms with Crippen LogP contribution < -0.4 is 0 Å². The van der Waals surface area contributed by atoms with E-state index >= 15 is 0 Å². The van der Waals surface area contributed by atoms with Gasteiger partial charge in [0.05, 0.1) is 24.2 Å². The van der Waals surface area contributed by atoms with E-state index in [0.29, 0.717) is 0 Å². The second kappa shape index (κ2) is 5.51. The van der Waals surface area contributed by atoms with E-state index in [1.165, 1.54) is 0 Å². The first kappa shape index (κ1) is 13.4. The van der Waals surface area contributed by atoms with Crippen molar-refractivity contribution < 1.29 is 5.11 Å². The molecule has 4 heterocycles. The van der Waals surface area contributed by atoms with Gasteiger partial charge in [0.15, 0.2) is 5.65 Å². The number of hydrogen-bond donors (Lipinski definition) is 1. The summed E-state index contributed by atoms with van der Waals surface area (Å²) in [7, 11) is 0. The zero-order chi connectivity index (χ0) is 14.9. The molecule has 0 aliphatic carbocycles. The van der Waals surface area contributed by atoms with E-state index in [9.17, 15) is 5.11 Å². The van der Waals surface area contributed by atoms with E-state index < -0.39 is 0 Å². The molecule has 7 heteroatoms. The molecule has 1 aliphatic heterocycles. The lowest BCUT2D eigenvalue weighted by molar-refractivity contribution is 0.260. The molecule has 7 nitrogen and oxygen atoms in total. The van der Waals surface area contributed by atoms with Crippen LogP contribution in [0.25, 0.3) is 5.65 Å². The minimum absolute atomic E-state index is 0.00202. The highest BCUT2D eigenvalue weighted by Crippen LogP contribution is 2.17. The van der Waals surface area contributed by atoms with Crippen LogP contribution >= 0.6 is 0 Å². The first-order valence-electron chi connectivity index (χ1n) is 7.49. The van der Waals surface area contributed by atoms with Gasteiger partial charge >= 0.3 is 0 Å². The number of aliphatic hydroxyl groups is 1. The van der Waals surface area contributed by atoms with E-state index in [0.717, 1.165) is 55.2 Å². The van der Waals surface area contributed by atoms with Gasteiger partial charge in [0.25, 0.3) is 0 Å². The van der Waals surface area contributed by atoms with Gasteiger partial charge in [0.2, 0.25) is 0 Å². The van der Waals surface area contributed by atoms with Gasteiger partial charge in [0, 0.05) is 44.1 Å². The minimum Gasteiger partial charge on any atom is -0.390 e. The normalized spacial score (nSPS) is 15.9.